The number of amides is 1. The zero-order chi connectivity index (χ0) is 25.5. The van der Waals surface area contributed by atoms with E-state index in [4.69, 9.17) is 15.2 Å². The van der Waals surface area contributed by atoms with E-state index in [0.717, 1.165) is 11.5 Å². The van der Waals surface area contributed by atoms with Crippen LogP contribution in [0.4, 0.5) is 11.4 Å². The molecule has 0 unspecified atom stereocenters. The van der Waals surface area contributed by atoms with E-state index in [1.165, 1.54) is 13.8 Å². The number of anilines is 2. The third kappa shape index (κ3) is 10.9. The second-order valence-corrected chi connectivity index (χ2v) is 7.55. The van der Waals surface area contributed by atoms with Gasteiger partial charge in [0.1, 0.15) is 17.2 Å². The van der Waals surface area contributed by atoms with Crippen molar-refractivity contribution in [3.63, 3.8) is 0 Å². The maximum Gasteiger partial charge on any atom is 0.221 e. The quantitative estimate of drug-likeness (QED) is 0.227. The molecule has 0 aliphatic rings. The van der Waals surface area contributed by atoms with Gasteiger partial charge in [0, 0.05) is 13.8 Å². The Morgan fingerprint density at radius 3 is 1.54 bits per heavy atom. The highest BCUT2D eigenvalue weighted by Crippen LogP contribution is 2.29. The predicted molar refractivity (Wildman–Crippen MR) is 141 cm³/mol. The van der Waals surface area contributed by atoms with E-state index in [1.54, 1.807) is 6.07 Å². The van der Waals surface area contributed by atoms with Crippen molar-refractivity contribution in [2.24, 2.45) is 0 Å². The van der Waals surface area contributed by atoms with Crippen LogP contribution in [0, 0.1) is 0 Å². The number of carbonyl (C=O) groups excluding carboxylic acids is 2. The Bertz CT molecular complexity index is 1200. The number of carbonyl (C=O) groups is 2. The van der Waals surface area contributed by atoms with Crippen molar-refractivity contribution in [2.75, 3.05) is 11.1 Å². The van der Waals surface area contributed by atoms with Crippen molar-refractivity contribution in [3.8, 4) is 23.0 Å². The molecule has 0 aliphatic heterocycles. The van der Waals surface area contributed by atoms with Gasteiger partial charge in [0.05, 0.1) is 11.4 Å². The van der Waals surface area contributed by atoms with Crippen LogP contribution in [0.25, 0.3) is 0 Å². The van der Waals surface area contributed by atoms with Gasteiger partial charge >= 0.3 is 0 Å². The lowest BCUT2D eigenvalue weighted by Gasteiger charge is -2.10. The summed E-state index contributed by atoms with van der Waals surface area (Å²) in [6.07, 6.45) is 0. The number of nitrogen functional groups attached to an aromatic ring is 1. The number of hydrogen-bond donors (Lipinski definition) is 2. The van der Waals surface area contributed by atoms with Crippen LogP contribution >= 0.6 is 11.6 Å². The van der Waals surface area contributed by atoms with Crippen LogP contribution in [0.1, 0.15) is 13.8 Å². The van der Waals surface area contributed by atoms with Crippen LogP contribution in [-0.2, 0) is 9.59 Å². The monoisotopic (exact) mass is 490 g/mol. The molecule has 6 nitrogen and oxygen atoms in total. The van der Waals surface area contributed by atoms with Crippen molar-refractivity contribution in [2.45, 2.75) is 13.8 Å². The van der Waals surface area contributed by atoms with Crippen molar-refractivity contribution >= 4 is 34.1 Å². The first-order valence-corrected chi connectivity index (χ1v) is 11.1. The number of nitrogens with one attached hydrogen (secondary N) is 1. The molecule has 180 valence electrons. The van der Waals surface area contributed by atoms with Gasteiger partial charge in [-0.3, -0.25) is 9.59 Å². The fourth-order valence-electron chi connectivity index (χ4n) is 2.65. The van der Waals surface area contributed by atoms with Crippen LogP contribution in [0.15, 0.2) is 109 Å². The van der Waals surface area contributed by atoms with Crippen LogP contribution in [0.3, 0.4) is 0 Å². The first kappa shape index (κ1) is 27.0. The third-order valence-electron chi connectivity index (χ3n) is 4.06. The number of ether oxygens (including phenoxy) is 2. The molecule has 0 saturated heterocycles. The summed E-state index contributed by atoms with van der Waals surface area (Å²) in [5, 5.41) is 2.37. The second kappa shape index (κ2) is 14.8. The van der Waals surface area contributed by atoms with Crippen molar-refractivity contribution < 1.29 is 19.1 Å². The molecule has 0 aromatic heterocycles. The lowest BCUT2D eigenvalue weighted by molar-refractivity contribution is -0.114. The lowest BCUT2D eigenvalue weighted by atomic mass is 10.3. The first-order chi connectivity index (χ1) is 16.8. The number of halogens is 1. The normalized spacial score (nSPS) is 9.34. The molecule has 4 aromatic carbocycles. The largest absolute Gasteiger partial charge is 0.455 e. The molecule has 0 saturated carbocycles. The smallest absolute Gasteiger partial charge is 0.221 e. The molecule has 4 aromatic rings. The predicted octanol–water partition coefficient (Wildman–Crippen LogP) is 7.27. The van der Waals surface area contributed by atoms with Crippen molar-refractivity contribution in [1.29, 1.82) is 0 Å². The number of hydrogen-bond acceptors (Lipinski definition) is 5. The molecule has 35 heavy (non-hydrogen) atoms. The summed E-state index contributed by atoms with van der Waals surface area (Å²) in [5.41, 5.74) is 7.06. The summed E-state index contributed by atoms with van der Waals surface area (Å²) < 4.78 is 11.3. The summed E-state index contributed by atoms with van der Waals surface area (Å²) in [4.78, 5) is 20.3. The number of rotatable bonds is 5. The highest BCUT2D eigenvalue weighted by Gasteiger charge is 2.05. The van der Waals surface area contributed by atoms with E-state index in [2.05, 4.69) is 16.9 Å². The molecule has 0 radical (unpaired) electrons. The molecule has 0 atom stereocenters. The minimum absolute atomic E-state index is 0.117. The van der Waals surface area contributed by atoms with E-state index in [0.29, 0.717) is 22.9 Å². The molecule has 0 heterocycles. The Morgan fingerprint density at radius 2 is 1.06 bits per heavy atom. The Labute approximate surface area is 210 Å². The van der Waals surface area contributed by atoms with E-state index in [9.17, 15) is 9.59 Å². The molecule has 0 fully saturated rings. The van der Waals surface area contributed by atoms with Crippen molar-refractivity contribution in [3.05, 3.63) is 109 Å². The van der Waals surface area contributed by atoms with Gasteiger partial charge in [0.15, 0.2) is 5.75 Å². The zero-order valence-electron chi connectivity index (χ0n) is 19.5. The highest BCUT2D eigenvalue weighted by atomic mass is 35.5. The molecule has 7 heteroatoms. The molecule has 0 bridgehead atoms. The Morgan fingerprint density at radius 1 is 0.657 bits per heavy atom. The maximum atomic E-state index is 11.1. The molecular weight excluding hydrogens is 464 g/mol. The molecule has 4 rings (SSSR count). The highest BCUT2D eigenvalue weighted by molar-refractivity contribution is 6.62. The average molecular weight is 491 g/mol. The van der Waals surface area contributed by atoms with Gasteiger partial charge in [0.25, 0.3) is 0 Å². The Balaban J connectivity index is 0.000000217. The van der Waals surface area contributed by atoms with Gasteiger partial charge in [0.2, 0.25) is 11.1 Å². The van der Waals surface area contributed by atoms with E-state index in [1.807, 2.05) is 103 Å². The van der Waals surface area contributed by atoms with Crippen LogP contribution in [0.2, 0.25) is 0 Å². The maximum absolute atomic E-state index is 11.1. The lowest BCUT2D eigenvalue weighted by Crippen LogP contribution is -2.06. The summed E-state index contributed by atoms with van der Waals surface area (Å²) in [5.74, 6) is 2.75. The molecule has 0 spiro atoms. The molecular formula is C28H27ClN2O4. The average Bonchev–Trinajstić information content (AvgIpc) is 2.83. The van der Waals surface area contributed by atoms with Gasteiger partial charge < -0.3 is 20.5 Å². The van der Waals surface area contributed by atoms with Gasteiger partial charge in [-0.05, 0) is 60.1 Å². The molecule has 0 aliphatic carbocycles. The zero-order valence-corrected chi connectivity index (χ0v) is 20.2. The summed E-state index contributed by atoms with van der Waals surface area (Å²) in [6.45, 7) is 2.76. The minimum Gasteiger partial charge on any atom is -0.455 e. The second-order valence-electron chi connectivity index (χ2n) is 7.02. The Hall–Kier alpha value is -4.29. The molecule has 3 N–H and O–H groups in total. The van der Waals surface area contributed by atoms with Gasteiger partial charge in [-0.15, -0.1) is 0 Å². The minimum atomic E-state index is -0.361. The van der Waals surface area contributed by atoms with Crippen LogP contribution in [0.5, 0.6) is 23.0 Å². The van der Waals surface area contributed by atoms with Crippen molar-refractivity contribution in [1.82, 2.24) is 0 Å². The fourth-order valence-corrected chi connectivity index (χ4v) is 2.65. The summed E-state index contributed by atoms with van der Waals surface area (Å²) in [6, 6.07) is 33.8. The number of nitrogens with two attached hydrogens (primary N) is 1. The van der Waals surface area contributed by atoms with Crippen LogP contribution < -0.4 is 20.5 Å². The topological polar surface area (TPSA) is 90.7 Å². The van der Waals surface area contributed by atoms with Crippen LogP contribution in [-0.4, -0.2) is 11.1 Å². The van der Waals surface area contributed by atoms with E-state index < -0.39 is 0 Å². The Kier molecular flexibility index (Phi) is 11.4. The number of para-hydroxylation sites is 6. The van der Waals surface area contributed by atoms with E-state index in [-0.39, 0.29) is 11.1 Å². The standard InChI is InChI=1S/C14H13NO2.C12H11NO.C2H3ClO/c1-11(16)15-13-9-5-6-10-14(13)17-12-7-3-2-4-8-12;13-11-8-4-5-9-12(11)14-10-6-2-1-3-7-10;1-2(3)4/h2-10H,1H3,(H,15,16);1-9H,13H2;1H3. The first-order valence-electron chi connectivity index (χ1n) is 10.7. The summed E-state index contributed by atoms with van der Waals surface area (Å²) in [7, 11) is 0. The molecule has 1 amide bonds. The number of benzene rings is 4. The fraction of sp³-hybridized carbons (Fsp3) is 0.0714. The SMILES string of the molecule is CC(=O)Cl.CC(=O)Nc1ccccc1Oc1ccccc1.Nc1ccccc1Oc1ccccc1. The summed E-state index contributed by atoms with van der Waals surface area (Å²) >= 11 is 4.64. The van der Waals surface area contributed by atoms with Gasteiger partial charge in [-0.25, -0.2) is 0 Å². The van der Waals surface area contributed by atoms with Gasteiger partial charge in [-0.1, -0.05) is 60.7 Å². The van der Waals surface area contributed by atoms with E-state index >= 15 is 0 Å². The third-order valence-corrected chi connectivity index (χ3v) is 4.06. The van der Waals surface area contributed by atoms with Gasteiger partial charge in [-0.2, -0.15) is 0 Å².